The Bertz CT molecular complexity index is 1360. The highest BCUT2D eigenvalue weighted by molar-refractivity contribution is 7.89. The topological polar surface area (TPSA) is 98.0 Å². The molecule has 0 unspecified atom stereocenters. The van der Waals surface area contributed by atoms with Gasteiger partial charge in [0.2, 0.25) is 10.0 Å². The molecule has 0 amide bonds. The second kappa shape index (κ2) is 10.3. The quantitative estimate of drug-likeness (QED) is 0.418. The average molecular weight is 536 g/mol. The van der Waals surface area contributed by atoms with Crippen LogP contribution in [0.15, 0.2) is 42.9 Å². The van der Waals surface area contributed by atoms with Gasteiger partial charge in [-0.3, -0.25) is 9.78 Å². The predicted octanol–water partition coefficient (Wildman–Crippen LogP) is 4.33. The SMILES string of the molecule is Cc1c(C(=O)Cc2ccc(C3CCN(S(=O)(=O)C(C)C)CC3)nc2)cnn1-c1ccc(C(F)(F)F)cn1. The first-order chi connectivity index (χ1) is 17.4. The van der Waals surface area contributed by atoms with Gasteiger partial charge in [-0.25, -0.2) is 22.4 Å². The Hall–Kier alpha value is -3.12. The Morgan fingerprint density at radius 2 is 1.76 bits per heavy atom. The third-order valence-electron chi connectivity index (χ3n) is 6.64. The van der Waals surface area contributed by atoms with Crippen LogP contribution in [-0.4, -0.2) is 56.6 Å². The first-order valence-electron chi connectivity index (χ1n) is 11.9. The summed E-state index contributed by atoms with van der Waals surface area (Å²) >= 11 is 0. The number of hydrogen-bond acceptors (Lipinski definition) is 6. The molecule has 0 atom stereocenters. The van der Waals surface area contributed by atoms with E-state index in [1.165, 1.54) is 16.9 Å². The van der Waals surface area contributed by atoms with Gasteiger partial charge in [0.25, 0.3) is 0 Å². The Morgan fingerprint density at radius 3 is 2.30 bits per heavy atom. The maximum absolute atomic E-state index is 12.9. The molecule has 12 heteroatoms. The molecule has 1 aliphatic heterocycles. The molecule has 3 aromatic heterocycles. The number of nitrogens with zero attached hydrogens (tertiary/aromatic N) is 5. The predicted molar refractivity (Wildman–Crippen MR) is 131 cm³/mol. The molecule has 8 nitrogen and oxygen atoms in total. The number of piperidine rings is 1. The van der Waals surface area contributed by atoms with Gasteiger partial charge in [0.05, 0.1) is 28.3 Å². The number of halogens is 3. The van der Waals surface area contributed by atoms with Gasteiger partial charge < -0.3 is 0 Å². The molecule has 37 heavy (non-hydrogen) atoms. The van der Waals surface area contributed by atoms with Gasteiger partial charge in [-0.05, 0) is 57.4 Å². The van der Waals surface area contributed by atoms with Crippen molar-refractivity contribution >= 4 is 15.8 Å². The van der Waals surface area contributed by atoms with Crippen LogP contribution in [0.3, 0.4) is 0 Å². The Balaban J connectivity index is 1.39. The summed E-state index contributed by atoms with van der Waals surface area (Å²) in [6, 6.07) is 5.85. The van der Waals surface area contributed by atoms with Crippen molar-refractivity contribution < 1.29 is 26.4 Å². The Labute approximate surface area is 213 Å². The van der Waals surface area contributed by atoms with E-state index in [4.69, 9.17) is 0 Å². The lowest BCUT2D eigenvalue weighted by atomic mass is 9.93. The fourth-order valence-electron chi connectivity index (χ4n) is 4.36. The van der Waals surface area contributed by atoms with Crippen LogP contribution in [0.5, 0.6) is 0 Å². The van der Waals surface area contributed by atoms with E-state index in [2.05, 4.69) is 15.1 Å². The van der Waals surface area contributed by atoms with E-state index in [1.807, 2.05) is 12.1 Å². The fourth-order valence-corrected chi connectivity index (χ4v) is 5.68. The molecule has 4 heterocycles. The summed E-state index contributed by atoms with van der Waals surface area (Å²) in [6.07, 6.45) is 0.755. The molecule has 0 saturated carbocycles. The first-order valence-corrected chi connectivity index (χ1v) is 13.4. The number of carbonyl (C=O) groups excluding carboxylic acids is 1. The van der Waals surface area contributed by atoms with Crippen LogP contribution in [0.25, 0.3) is 5.82 Å². The number of hydrogen-bond donors (Lipinski definition) is 0. The zero-order chi connectivity index (χ0) is 27.0. The van der Waals surface area contributed by atoms with Gasteiger partial charge in [-0.1, -0.05) is 6.07 Å². The summed E-state index contributed by atoms with van der Waals surface area (Å²) in [5.41, 5.74) is 1.55. The van der Waals surface area contributed by atoms with E-state index in [0.717, 1.165) is 18.0 Å². The van der Waals surface area contributed by atoms with Crippen molar-refractivity contribution in [3.8, 4) is 5.82 Å². The van der Waals surface area contributed by atoms with Crippen molar-refractivity contribution in [3.63, 3.8) is 0 Å². The number of carbonyl (C=O) groups is 1. The van der Waals surface area contributed by atoms with Crippen LogP contribution in [-0.2, 0) is 22.6 Å². The minimum absolute atomic E-state index is 0.0886. The number of rotatable bonds is 7. The lowest BCUT2D eigenvalue weighted by Crippen LogP contribution is -2.41. The minimum Gasteiger partial charge on any atom is -0.294 e. The normalized spacial score (nSPS) is 15.9. The van der Waals surface area contributed by atoms with Gasteiger partial charge in [0.15, 0.2) is 11.6 Å². The average Bonchev–Trinajstić information content (AvgIpc) is 3.25. The molecule has 4 rings (SSSR count). The smallest absolute Gasteiger partial charge is 0.294 e. The van der Waals surface area contributed by atoms with Crippen molar-refractivity contribution in [1.82, 2.24) is 24.1 Å². The highest BCUT2D eigenvalue weighted by Gasteiger charge is 2.32. The molecule has 0 bridgehead atoms. The van der Waals surface area contributed by atoms with Gasteiger partial charge in [0.1, 0.15) is 0 Å². The number of pyridine rings is 2. The highest BCUT2D eigenvalue weighted by atomic mass is 32.2. The summed E-state index contributed by atoms with van der Waals surface area (Å²) in [7, 11) is -3.26. The molecule has 3 aromatic rings. The number of sulfonamides is 1. The molecular formula is C25H28F3N5O3S. The number of ketones is 1. The maximum Gasteiger partial charge on any atom is 0.417 e. The van der Waals surface area contributed by atoms with E-state index in [0.29, 0.717) is 42.8 Å². The van der Waals surface area contributed by atoms with E-state index in [9.17, 15) is 26.4 Å². The van der Waals surface area contributed by atoms with Crippen LogP contribution in [0.2, 0.25) is 0 Å². The van der Waals surface area contributed by atoms with Crippen LogP contribution in [0, 0.1) is 6.92 Å². The lowest BCUT2D eigenvalue weighted by Gasteiger charge is -2.32. The van der Waals surface area contributed by atoms with Crippen molar-refractivity contribution in [3.05, 3.63) is 70.9 Å². The van der Waals surface area contributed by atoms with Crippen molar-refractivity contribution in [1.29, 1.82) is 0 Å². The molecule has 0 aromatic carbocycles. The monoisotopic (exact) mass is 535 g/mol. The van der Waals surface area contributed by atoms with Crippen LogP contribution < -0.4 is 0 Å². The molecule has 1 fully saturated rings. The lowest BCUT2D eigenvalue weighted by molar-refractivity contribution is -0.137. The van der Waals surface area contributed by atoms with Gasteiger partial charge in [0, 0.05) is 43.5 Å². The molecule has 0 spiro atoms. The largest absolute Gasteiger partial charge is 0.417 e. The molecule has 0 radical (unpaired) electrons. The van der Waals surface area contributed by atoms with E-state index < -0.39 is 27.0 Å². The van der Waals surface area contributed by atoms with Crippen LogP contribution in [0.4, 0.5) is 13.2 Å². The number of Topliss-reactive ketones (excluding diaryl/α,β-unsaturated/α-hetero) is 1. The standard InChI is InChI=1S/C25H28F3N5O3S/c1-16(2)37(35,36)32-10-8-19(9-11-32)22-6-4-18(13-29-22)12-23(34)21-15-31-33(17(21)3)24-7-5-20(14-30-24)25(26,27)28/h4-7,13-16,19H,8-12H2,1-3H3. The highest BCUT2D eigenvalue weighted by Crippen LogP contribution is 2.30. The molecular weight excluding hydrogens is 507 g/mol. The number of alkyl halides is 3. The van der Waals surface area contributed by atoms with Gasteiger partial charge in [-0.15, -0.1) is 0 Å². The zero-order valence-corrected chi connectivity index (χ0v) is 21.6. The van der Waals surface area contributed by atoms with Gasteiger partial charge >= 0.3 is 6.18 Å². The summed E-state index contributed by atoms with van der Waals surface area (Å²) in [5.74, 6) is 0.139. The van der Waals surface area contributed by atoms with E-state index >= 15 is 0 Å². The second-order valence-corrected chi connectivity index (χ2v) is 11.9. The van der Waals surface area contributed by atoms with Crippen LogP contribution >= 0.6 is 0 Å². The molecule has 1 aliphatic rings. The third-order valence-corrected chi connectivity index (χ3v) is 8.92. The zero-order valence-electron chi connectivity index (χ0n) is 20.7. The Kier molecular flexibility index (Phi) is 7.52. The van der Waals surface area contributed by atoms with Crippen LogP contribution in [0.1, 0.15) is 65.5 Å². The van der Waals surface area contributed by atoms with E-state index in [-0.39, 0.29) is 23.9 Å². The van der Waals surface area contributed by atoms with Crippen molar-refractivity contribution in [2.45, 2.75) is 57.4 Å². The Morgan fingerprint density at radius 1 is 1.05 bits per heavy atom. The molecule has 1 saturated heterocycles. The van der Waals surface area contributed by atoms with Crippen molar-refractivity contribution in [2.24, 2.45) is 0 Å². The second-order valence-electron chi connectivity index (χ2n) is 9.42. The van der Waals surface area contributed by atoms with Crippen molar-refractivity contribution in [2.75, 3.05) is 13.1 Å². The molecule has 0 N–H and O–H groups in total. The third kappa shape index (κ3) is 5.74. The molecule has 198 valence electrons. The number of aromatic nitrogens is 4. The summed E-state index contributed by atoms with van der Waals surface area (Å²) < 4.78 is 66.0. The van der Waals surface area contributed by atoms with Gasteiger partial charge in [-0.2, -0.15) is 18.3 Å². The molecule has 0 aliphatic carbocycles. The minimum atomic E-state index is -4.48. The summed E-state index contributed by atoms with van der Waals surface area (Å²) in [5, 5.41) is 3.70. The summed E-state index contributed by atoms with van der Waals surface area (Å²) in [4.78, 5) is 21.3. The summed E-state index contributed by atoms with van der Waals surface area (Å²) in [6.45, 7) is 5.95. The van der Waals surface area contributed by atoms with E-state index in [1.54, 1.807) is 31.3 Å². The maximum atomic E-state index is 12.9. The fraction of sp³-hybridized carbons (Fsp3) is 0.440. The first kappa shape index (κ1) is 26.9.